The fraction of sp³-hybridized carbons (Fsp3) is 0.0667. The van der Waals surface area contributed by atoms with Crippen molar-refractivity contribution in [2.45, 2.75) is 6.92 Å². The van der Waals surface area contributed by atoms with E-state index in [1.54, 1.807) is 25.1 Å². The van der Waals surface area contributed by atoms with Gasteiger partial charge in [0, 0.05) is 11.8 Å². The van der Waals surface area contributed by atoms with Gasteiger partial charge in [-0.25, -0.2) is 0 Å². The summed E-state index contributed by atoms with van der Waals surface area (Å²) in [6.07, 6.45) is 1.51. The van der Waals surface area contributed by atoms with E-state index >= 15 is 0 Å². The summed E-state index contributed by atoms with van der Waals surface area (Å²) in [6.45, 7) is 1.58. The second kappa shape index (κ2) is 5.33. The number of aliphatic hydroxyl groups is 1. The minimum absolute atomic E-state index is 0.00455. The minimum Gasteiger partial charge on any atom is -0.506 e. The Hall–Kier alpha value is -3.00. The van der Waals surface area contributed by atoms with E-state index in [4.69, 9.17) is 0 Å². The zero-order chi connectivity index (χ0) is 14.7. The largest absolute Gasteiger partial charge is 0.506 e. The molecule has 0 fully saturated rings. The highest BCUT2D eigenvalue weighted by molar-refractivity contribution is 5.93. The molecule has 5 heteroatoms. The van der Waals surface area contributed by atoms with Crippen LogP contribution >= 0.6 is 0 Å². The number of hydrogen-bond acceptors (Lipinski definition) is 5. The molecule has 0 spiro atoms. The fourth-order valence-corrected chi connectivity index (χ4v) is 1.78. The van der Waals surface area contributed by atoms with Gasteiger partial charge in [-0.15, -0.1) is 0 Å². The molecule has 5 nitrogen and oxygen atoms in total. The summed E-state index contributed by atoms with van der Waals surface area (Å²) in [5.41, 5.74) is 0.956. The maximum absolute atomic E-state index is 10.2. The van der Waals surface area contributed by atoms with Gasteiger partial charge in [-0.2, -0.15) is 5.26 Å². The van der Waals surface area contributed by atoms with E-state index in [0.717, 1.165) is 0 Å². The molecule has 20 heavy (non-hydrogen) atoms. The van der Waals surface area contributed by atoms with E-state index < -0.39 is 0 Å². The van der Waals surface area contributed by atoms with Crippen LogP contribution in [0.2, 0.25) is 0 Å². The number of phenolic OH excluding ortho intramolecular Hbond substituents is 2. The van der Waals surface area contributed by atoms with E-state index in [1.807, 2.05) is 6.07 Å². The lowest BCUT2D eigenvalue weighted by Crippen LogP contribution is -1.93. The molecule has 0 saturated heterocycles. The molecule has 0 amide bonds. The zero-order valence-corrected chi connectivity index (χ0v) is 10.7. The predicted octanol–water partition coefficient (Wildman–Crippen LogP) is 2.75. The van der Waals surface area contributed by atoms with Gasteiger partial charge in [-0.05, 0) is 36.8 Å². The molecule has 3 N–H and O–H groups in total. The Bertz CT molecular complexity index is 693. The normalized spacial score (nSPS) is 11.6. The Kier molecular flexibility index (Phi) is 3.58. The number of phenols is 2. The summed E-state index contributed by atoms with van der Waals surface area (Å²) in [6, 6.07) is 9.56. The molecule has 0 radical (unpaired) electrons. The first-order chi connectivity index (χ1) is 9.54. The number of allylic oxidation sites excluding steroid dienone is 1. The molecule has 0 saturated carbocycles. The smallest absolute Gasteiger partial charge is 0.160 e. The highest BCUT2D eigenvalue weighted by atomic mass is 16.3. The molecule has 2 aromatic rings. The quantitative estimate of drug-likeness (QED) is 0.442. The molecule has 1 aromatic heterocycles. The second-order valence-corrected chi connectivity index (χ2v) is 4.21. The van der Waals surface area contributed by atoms with E-state index in [-0.39, 0.29) is 28.4 Å². The molecule has 2 rings (SSSR count). The first-order valence-corrected chi connectivity index (χ1v) is 5.82. The lowest BCUT2D eigenvalue weighted by molar-refractivity contribution is 0.400. The molecular formula is C15H12N2O3. The molecule has 1 heterocycles. The summed E-state index contributed by atoms with van der Waals surface area (Å²) in [5.74, 6) is -0.910. The Morgan fingerprint density at radius 2 is 2.00 bits per heavy atom. The number of aromatic nitrogens is 1. The Morgan fingerprint density at radius 1 is 1.25 bits per heavy atom. The average molecular weight is 268 g/mol. The van der Waals surface area contributed by atoms with Gasteiger partial charge in [-0.3, -0.25) is 4.98 Å². The number of aryl methyl sites for hydroxylation is 1. The maximum atomic E-state index is 10.2. The molecule has 100 valence electrons. The van der Waals surface area contributed by atoms with Gasteiger partial charge in [0.05, 0.1) is 5.69 Å². The van der Waals surface area contributed by atoms with Crippen LogP contribution in [0.4, 0.5) is 0 Å². The molecule has 0 aliphatic rings. The van der Waals surface area contributed by atoms with Crippen molar-refractivity contribution in [1.29, 1.82) is 5.26 Å². The summed E-state index contributed by atoms with van der Waals surface area (Å²) >= 11 is 0. The van der Waals surface area contributed by atoms with E-state index in [0.29, 0.717) is 11.3 Å². The maximum Gasteiger partial charge on any atom is 0.160 e. The van der Waals surface area contributed by atoms with Crippen LogP contribution in [0.25, 0.3) is 11.3 Å². The third-order valence-corrected chi connectivity index (χ3v) is 2.82. The SMILES string of the molecule is Cc1cc(/C(O)=C(\C#N)c2ccccn2)cc(O)c1O. The first kappa shape index (κ1) is 13.4. The molecule has 0 unspecified atom stereocenters. The molecular weight excluding hydrogens is 256 g/mol. The van der Waals surface area contributed by atoms with Crippen LogP contribution in [-0.4, -0.2) is 20.3 Å². The van der Waals surface area contributed by atoms with E-state index in [9.17, 15) is 20.6 Å². The van der Waals surface area contributed by atoms with Gasteiger partial charge >= 0.3 is 0 Å². The van der Waals surface area contributed by atoms with Crippen molar-refractivity contribution in [3.63, 3.8) is 0 Å². The highest BCUT2D eigenvalue weighted by Crippen LogP contribution is 2.33. The van der Waals surface area contributed by atoms with Crippen LogP contribution in [0.1, 0.15) is 16.8 Å². The van der Waals surface area contributed by atoms with Crippen molar-refractivity contribution < 1.29 is 15.3 Å². The first-order valence-electron chi connectivity index (χ1n) is 5.82. The number of rotatable bonds is 2. The van der Waals surface area contributed by atoms with Crippen molar-refractivity contribution in [3.05, 3.63) is 53.3 Å². The highest BCUT2D eigenvalue weighted by Gasteiger charge is 2.14. The topological polar surface area (TPSA) is 97.4 Å². The van der Waals surface area contributed by atoms with Gasteiger partial charge < -0.3 is 15.3 Å². The molecule has 0 aliphatic carbocycles. The molecule has 0 bridgehead atoms. The summed E-state index contributed by atoms with van der Waals surface area (Å²) in [7, 11) is 0. The van der Waals surface area contributed by atoms with Gasteiger partial charge in [0.15, 0.2) is 11.5 Å². The zero-order valence-electron chi connectivity index (χ0n) is 10.7. The Labute approximate surface area is 115 Å². The van der Waals surface area contributed by atoms with E-state index in [2.05, 4.69) is 4.98 Å². The summed E-state index contributed by atoms with van der Waals surface area (Å²) in [4.78, 5) is 4.01. The van der Waals surface area contributed by atoms with E-state index in [1.165, 1.54) is 18.3 Å². The monoisotopic (exact) mass is 268 g/mol. The fourth-order valence-electron chi connectivity index (χ4n) is 1.78. The third-order valence-electron chi connectivity index (χ3n) is 2.82. The van der Waals surface area contributed by atoms with Crippen LogP contribution < -0.4 is 0 Å². The van der Waals surface area contributed by atoms with Crippen molar-refractivity contribution in [2.75, 3.05) is 0 Å². The van der Waals surface area contributed by atoms with Crippen LogP contribution in [0.15, 0.2) is 36.5 Å². The predicted molar refractivity (Wildman–Crippen MR) is 73.8 cm³/mol. The Morgan fingerprint density at radius 3 is 2.55 bits per heavy atom. The van der Waals surface area contributed by atoms with Gasteiger partial charge in [-0.1, -0.05) is 6.07 Å². The number of aliphatic hydroxyl groups excluding tert-OH is 1. The van der Waals surface area contributed by atoms with Crippen LogP contribution in [-0.2, 0) is 0 Å². The summed E-state index contributed by atoms with van der Waals surface area (Å²) < 4.78 is 0. The van der Waals surface area contributed by atoms with Crippen molar-refractivity contribution in [1.82, 2.24) is 4.98 Å². The lowest BCUT2D eigenvalue weighted by Gasteiger charge is -2.08. The molecule has 1 aromatic carbocycles. The third kappa shape index (κ3) is 2.40. The average Bonchev–Trinajstić information content (AvgIpc) is 2.46. The van der Waals surface area contributed by atoms with Crippen LogP contribution in [0, 0.1) is 18.3 Å². The summed E-state index contributed by atoms with van der Waals surface area (Å²) in [5, 5.41) is 38.5. The van der Waals surface area contributed by atoms with Crippen molar-refractivity contribution >= 4 is 11.3 Å². The van der Waals surface area contributed by atoms with Crippen LogP contribution in [0.3, 0.4) is 0 Å². The van der Waals surface area contributed by atoms with Crippen LogP contribution in [0.5, 0.6) is 11.5 Å². The van der Waals surface area contributed by atoms with Gasteiger partial charge in [0.2, 0.25) is 0 Å². The second-order valence-electron chi connectivity index (χ2n) is 4.21. The minimum atomic E-state index is -0.357. The number of nitriles is 1. The molecule has 0 aliphatic heterocycles. The molecule has 0 atom stereocenters. The van der Waals surface area contributed by atoms with Crippen molar-refractivity contribution in [3.8, 4) is 17.6 Å². The number of nitrogens with zero attached hydrogens (tertiary/aromatic N) is 2. The number of hydrogen-bond donors (Lipinski definition) is 3. The van der Waals surface area contributed by atoms with Crippen molar-refractivity contribution in [2.24, 2.45) is 0 Å². The number of aromatic hydroxyl groups is 2. The lowest BCUT2D eigenvalue weighted by atomic mass is 10.0. The Balaban J connectivity index is 2.61. The number of benzene rings is 1. The number of pyridine rings is 1. The standard InChI is InChI=1S/C15H12N2O3/c1-9-6-10(7-13(18)14(9)19)15(20)11(8-16)12-4-2-3-5-17-12/h2-7,18-20H,1H3/b15-11-. The van der Waals surface area contributed by atoms with Gasteiger partial charge in [0.25, 0.3) is 0 Å². The van der Waals surface area contributed by atoms with Gasteiger partial charge in [0.1, 0.15) is 17.4 Å².